The molecule has 2 aromatic rings. The van der Waals surface area contributed by atoms with Gasteiger partial charge in [0.2, 0.25) is 5.28 Å². The van der Waals surface area contributed by atoms with Gasteiger partial charge in [0.25, 0.3) is 5.91 Å². The highest BCUT2D eigenvalue weighted by Gasteiger charge is 2.24. The van der Waals surface area contributed by atoms with Gasteiger partial charge >= 0.3 is 0 Å². The van der Waals surface area contributed by atoms with E-state index >= 15 is 0 Å². The van der Waals surface area contributed by atoms with E-state index in [4.69, 9.17) is 23.2 Å². The fourth-order valence-electron chi connectivity index (χ4n) is 2.09. The van der Waals surface area contributed by atoms with Crippen LogP contribution in [0.3, 0.4) is 0 Å². The minimum atomic E-state index is -0.0830. The first kappa shape index (κ1) is 12.1. The molecule has 0 saturated carbocycles. The van der Waals surface area contributed by atoms with Gasteiger partial charge in [-0.05, 0) is 30.5 Å². The van der Waals surface area contributed by atoms with E-state index in [1.54, 1.807) is 11.0 Å². The number of likely N-dealkylation sites (tertiary alicyclic amines) is 1. The maximum absolute atomic E-state index is 12.4. The Bertz CT molecular complexity index is 622. The minimum absolute atomic E-state index is 0.0829. The van der Waals surface area contributed by atoms with Gasteiger partial charge in [-0.3, -0.25) is 4.79 Å². The minimum Gasteiger partial charge on any atom is -0.337 e. The Morgan fingerprint density at radius 3 is 2.72 bits per heavy atom. The van der Waals surface area contributed by atoms with Crippen molar-refractivity contribution in [2.24, 2.45) is 0 Å². The number of carbonyl (C=O) groups is 1. The first-order valence-electron chi connectivity index (χ1n) is 5.57. The molecule has 0 aliphatic carbocycles. The summed E-state index contributed by atoms with van der Waals surface area (Å²) in [7, 11) is 0. The maximum Gasteiger partial charge on any atom is 0.274 e. The van der Waals surface area contributed by atoms with Gasteiger partial charge in [-0.1, -0.05) is 11.6 Å². The zero-order chi connectivity index (χ0) is 12.7. The molecule has 1 aliphatic rings. The Morgan fingerprint density at radius 1 is 1.28 bits per heavy atom. The summed E-state index contributed by atoms with van der Waals surface area (Å²) >= 11 is 13.1. The van der Waals surface area contributed by atoms with Crippen molar-refractivity contribution in [3.63, 3.8) is 0 Å². The quantitative estimate of drug-likeness (QED) is 0.760. The van der Waals surface area contributed by atoms with Crippen LogP contribution in [0.1, 0.15) is 23.3 Å². The van der Waals surface area contributed by atoms with E-state index in [1.165, 1.54) is 11.3 Å². The van der Waals surface area contributed by atoms with E-state index < -0.39 is 0 Å². The van der Waals surface area contributed by atoms with Crippen LogP contribution in [-0.2, 0) is 0 Å². The molecule has 94 valence electrons. The van der Waals surface area contributed by atoms with Crippen molar-refractivity contribution < 1.29 is 4.79 Å². The molecule has 0 N–H and O–H groups in total. The number of halogens is 2. The predicted octanol–water partition coefficient (Wildman–Crippen LogP) is 3.23. The summed E-state index contributed by atoms with van der Waals surface area (Å²) in [6.45, 7) is 1.56. The van der Waals surface area contributed by atoms with Crippen LogP contribution < -0.4 is 0 Å². The second kappa shape index (κ2) is 4.64. The molecule has 3 rings (SSSR count). The van der Waals surface area contributed by atoms with Gasteiger partial charge in [0.05, 0.1) is 14.6 Å². The van der Waals surface area contributed by atoms with Gasteiger partial charge in [0.1, 0.15) is 0 Å². The first-order valence-corrected chi connectivity index (χ1v) is 7.14. The first-order chi connectivity index (χ1) is 8.65. The number of rotatable bonds is 1. The summed E-state index contributed by atoms with van der Waals surface area (Å²) in [5.41, 5.74) is 0.997. The van der Waals surface area contributed by atoms with Crippen molar-refractivity contribution in [2.45, 2.75) is 12.8 Å². The molecule has 1 fully saturated rings. The second-order valence-electron chi connectivity index (χ2n) is 4.11. The Kier molecular flexibility index (Phi) is 3.13. The average Bonchev–Trinajstić information content (AvgIpc) is 2.94. The fourth-order valence-corrected chi connectivity index (χ4v) is 3.40. The van der Waals surface area contributed by atoms with Crippen molar-refractivity contribution in [1.29, 1.82) is 0 Å². The standard InChI is InChI=1S/C11H9Cl2N3OS/c12-7-5-6-9(18-7)8(15-11(13)14-6)10(17)16-3-1-2-4-16/h5H,1-4H2. The van der Waals surface area contributed by atoms with Crippen LogP contribution >= 0.6 is 34.5 Å². The highest BCUT2D eigenvalue weighted by Crippen LogP contribution is 2.31. The average molecular weight is 302 g/mol. The Hall–Kier alpha value is -0.910. The van der Waals surface area contributed by atoms with Crippen LogP contribution in [0.15, 0.2) is 6.07 Å². The number of carbonyl (C=O) groups excluding carboxylic acids is 1. The maximum atomic E-state index is 12.4. The van der Waals surface area contributed by atoms with Gasteiger partial charge < -0.3 is 4.90 Å². The van der Waals surface area contributed by atoms with Crippen molar-refractivity contribution in [3.05, 3.63) is 21.4 Å². The van der Waals surface area contributed by atoms with Gasteiger partial charge in [-0.2, -0.15) is 0 Å². The molecule has 2 aromatic heterocycles. The van der Waals surface area contributed by atoms with E-state index in [0.29, 0.717) is 20.2 Å². The molecule has 7 heteroatoms. The highest BCUT2D eigenvalue weighted by molar-refractivity contribution is 7.23. The number of amides is 1. The molecule has 0 spiro atoms. The molecule has 18 heavy (non-hydrogen) atoms. The Balaban J connectivity index is 2.11. The number of hydrogen-bond donors (Lipinski definition) is 0. The van der Waals surface area contributed by atoms with E-state index in [0.717, 1.165) is 25.9 Å². The Labute approximate surface area is 118 Å². The van der Waals surface area contributed by atoms with Gasteiger partial charge in [0.15, 0.2) is 5.69 Å². The number of aromatic nitrogens is 2. The lowest BCUT2D eigenvalue weighted by atomic mass is 10.3. The van der Waals surface area contributed by atoms with Crippen LogP contribution in [0, 0.1) is 0 Å². The molecule has 0 radical (unpaired) electrons. The molecular formula is C11H9Cl2N3OS. The normalized spacial score (nSPS) is 15.6. The van der Waals surface area contributed by atoms with Crippen molar-refractivity contribution in [2.75, 3.05) is 13.1 Å². The molecule has 1 amide bonds. The van der Waals surface area contributed by atoms with Crippen LogP contribution in [0.4, 0.5) is 0 Å². The van der Waals surface area contributed by atoms with Crippen molar-refractivity contribution >= 4 is 50.7 Å². The molecule has 1 saturated heterocycles. The largest absolute Gasteiger partial charge is 0.337 e. The molecule has 1 aliphatic heterocycles. The van der Waals surface area contributed by atoms with Crippen molar-refractivity contribution in [3.8, 4) is 0 Å². The molecule has 0 unspecified atom stereocenters. The SMILES string of the molecule is O=C(c1nc(Cl)nc2cc(Cl)sc12)N1CCCC1. The van der Waals surface area contributed by atoms with Crippen molar-refractivity contribution in [1.82, 2.24) is 14.9 Å². The summed E-state index contributed by atoms with van der Waals surface area (Å²) in [6.07, 6.45) is 2.08. The third-order valence-corrected chi connectivity index (χ3v) is 4.34. The summed E-state index contributed by atoms with van der Waals surface area (Å²) < 4.78 is 1.29. The number of thiophene rings is 1. The van der Waals surface area contributed by atoms with Gasteiger partial charge in [-0.25, -0.2) is 9.97 Å². The number of fused-ring (bicyclic) bond motifs is 1. The third-order valence-electron chi connectivity index (χ3n) is 2.91. The van der Waals surface area contributed by atoms with Gasteiger partial charge in [0, 0.05) is 13.1 Å². The lowest BCUT2D eigenvalue weighted by molar-refractivity contribution is 0.0789. The highest BCUT2D eigenvalue weighted by atomic mass is 35.5. The van der Waals surface area contributed by atoms with E-state index in [9.17, 15) is 4.79 Å². The topological polar surface area (TPSA) is 46.1 Å². The molecule has 0 atom stereocenters. The summed E-state index contributed by atoms with van der Waals surface area (Å²) in [4.78, 5) is 22.3. The predicted molar refractivity (Wildman–Crippen MR) is 72.6 cm³/mol. The van der Waals surface area contributed by atoms with Crippen LogP contribution in [0.25, 0.3) is 10.2 Å². The lowest BCUT2D eigenvalue weighted by Gasteiger charge is -2.14. The zero-order valence-electron chi connectivity index (χ0n) is 9.32. The summed E-state index contributed by atoms with van der Waals surface area (Å²) in [6, 6.07) is 1.70. The zero-order valence-corrected chi connectivity index (χ0v) is 11.6. The Morgan fingerprint density at radius 2 is 2.00 bits per heavy atom. The smallest absolute Gasteiger partial charge is 0.274 e. The molecule has 3 heterocycles. The van der Waals surface area contributed by atoms with Gasteiger partial charge in [-0.15, -0.1) is 11.3 Å². The fraction of sp³-hybridized carbons (Fsp3) is 0.364. The summed E-state index contributed by atoms with van der Waals surface area (Å²) in [5, 5.41) is 0.0829. The second-order valence-corrected chi connectivity index (χ2v) is 6.13. The van der Waals surface area contributed by atoms with E-state index in [2.05, 4.69) is 9.97 Å². The number of hydrogen-bond acceptors (Lipinski definition) is 4. The lowest BCUT2D eigenvalue weighted by Crippen LogP contribution is -2.28. The van der Waals surface area contributed by atoms with E-state index in [1.807, 2.05) is 0 Å². The molecule has 4 nitrogen and oxygen atoms in total. The molecule has 0 aromatic carbocycles. The third kappa shape index (κ3) is 2.06. The van der Waals surface area contributed by atoms with Crippen LogP contribution in [0.5, 0.6) is 0 Å². The summed E-state index contributed by atoms with van der Waals surface area (Å²) in [5.74, 6) is -0.0830. The van der Waals surface area contributed by atoms with E-state index in [-0.39, 0.29) is 11.2 Å². The van der Waals surface area contributed by atoms with Crippen LogP contribution in [0.2, 0.25) is 9.62 Å². The molecular weight excluding hydrogens is 293 g/mol. The number of nitrogens with zero attached hydrogens (tertiary/aromatic N) is 3. The van der Waals surface area contributed by atoms with Crippen LogP contribution in [-0.4, -0.2) is 33.9 Å². The molecule has 0 bridgehead atoms. The monoisotopic (exact) mass is 301 g/mol.